The number of thiophene rings is 1. The molecule has 1 atom stereocenters. The predicted octanol–water partition coefficient (Wildman–Crippen LogP) is 2.90. The minimum absolute atomic E-state index is 0.0857. The van der Waals surface area contributed by atoms with Gasteiger partial charge in [-0.3, -0.25) is 15.1 Å². The third-order valence-electron chi connectivity index (χ3n) is 4.41. The molecule has 1 aromatic carbocycles. The number of nitriles is 1. The third kappa shape index (κ3) is 2.96. The van der Waals surface area contributed by atoms with Crippen LogP contribution in [0.1, 0.15) is 23.8 Å². The first kappa shape index (κ1) is 17.0. The normalized spacial score (nSPS) is 20.2. The summed E-state index contributed by atoms with van der Waals surface area (Å²) in [6.45, 7) is 1.93. The Morgan fingerprint density at radius 1 is 1.40 bits per heavy atom. The number of rotatable bonds is 3. The van der Waals surface area contributed by atoms with E-state index in [1.165, 1.54) is 23.3 Å². The van der Waals surface area contributed by atoms with Gasteiger partial charge in [-0.2, -0.15) is 5.26 Å². The maximum Gasteiger partial charge on any atom is 0.231 e. The summed E-state index contributed by atoms with van der Waals surface area (Å²) in [7, 11) is 3.13. The molecule has 6 nitrogen and oxygen atoms in total. The monoisotopic (exact) mass is 354 g/mol. The van der Waals surface area contributed by atoms with Crippen molar-refractivity contribution in [1.82, 2.24) is 10.2 Å². The van der Waals surface area contributed by atoms with E-state index in [2.05, 4.69) is 11.4 Å². The molecular weight excluding hydrogens is 336 g/mol. The fourth-order valence-electron chi connectivity index (χ4n) is 2.84. The highest BCUT2D eigenvalue weighted by Gasteiger charge is 2.38. The molecule has 1 aliphatic heterocycles. The van der Waals surface area contributed by atoms with Crippen LogP contribution >= 0.6 is 11.3 Å². The van der Waals surface area contributed by atoms with Crippen LogP contribution in [0.4, 0.5) is 0 Å². The minimum atomic E-state index is -0.603. The van der Waals surface area contributed by atoms with Gasteiger partial charge in [0.1, 0.15) is 11.8 Å². The van der Waals surface area contributed by atoms with E-state index >= 15 is 0 Å². The molecule has 3 rings (SSSR count). The van der Waals surface area contributed by atoms with E-state index in [4.69, 9.17) is 10.1 Å². The molecule has 0 bridgehead atoms. The van der Waals surface area contributed by atoms with Crippen molar-refractivity contribution in [1.29, 1.82) is 10.7 Å². The van der Waals surface area contributed by atoms with Gasteiger partial charge in [0.2, 0.25) is 5.91 Å². The van der Waals surface area contributed by atoms with Gasteiger partial charge in [-0.15, -0.1) is 11.3 Å². The Bertz CT molecular complexity index is 879. The number of methoxy groups -OCH3 is 1. The molecular formula is C18H18N4O2S. The van der Waals surface area contributed by atoms with E-state index in [1.54, 1.807) is 19.2 Å². The Morgan fingerprint density at radius 2 is 2.16 bits per heavy atom. The van der Waals surface area contributed by atoms with E-state index in [9.17, 15) is 10.1 Å². The Morgan fingerprint density at radius 3 is 2.80 bits per heavy atom. The van der Waals surface area contributed by atoms with Gasteiger partial charge in [0, 0.05) is 11.9 Å². The maximum absolute atomic E-state index is 12.1. The summed E-state index contributed by atoms with van der Waals surface area (Å²) in [5.74, 6) is 0.562. The average Bonchev–Trinajstić information content (AvgIpc) is 3.10. The van der Waals surface area contributed by atoms with Crippen LogP contribution in [-0.4, -0.2) is 30.9 Å². The van der Waals surface area contributed by atoms with Crippen molar-refractivity contribution in [2.24, 2.45) is 0 Å². The van der Waals surface area contributed by atoms with E-state index in [0.717, 1.165) is 16.0 Å². The lowest BCUT2D eigenvalue weighted by molar-refractivity contribution is -0.129. The number of amides is 1. The van der Waals surface area contributed by atoms with Gasteiger partial charge in [0.25, 0.3) is 0 Å². The van der Waals surface area contributed by atoms with Gasteiger partial charge in [0.05, 0.1) is 24.6 Å². The highest BCUT2D eigenvalue weighted by atomic mass is 32.1. The number of ether oxygens (including phenoxy) is 1. The van der Waals surface area contributed by atoms with Gasteiger partial charge < -0.3 is 10.1 Å². The minimum Gasteiger partial charge on any atom is -0.495 e. The molecule has 0 spiro atoms. The van der Waals surface area contributed by atoms with Crippen molar-refractivity contribution in [3.05, 3.63) is 40.1 Å². The van der Waals surface area contributed by atoms with Crippen LogP contribution in [0.5, 0.6) is 5.75 Å². The number of hydrogen-bond acceptors (Lipinski definition) is 5. The van der Waals surface area contributed by atoms with Gasteiger partial charge in [0.15, 0.2) is 5.96 Å². The number of nitrogens with one attached hydrogen (secondary N) is 2. The quantitative estimate of drug-likeness (QED) is 0.887. The van der Waals surface area contributed by atoms with E-state index in [-0.39, 0.29) is 18.3 Å². The number of carbonyl (C=O) groups is 1. The molecule has 2 heterocycles. The molecule has 7 heteroatoms. The maximum atomic E-state index is 12.1. The molecule has 1 fully saturated rings. The van der Waals surface area contributed by atoms with Crippen LogP contribution in [0, 0.1) is 16.7 Å². The summed E-state index contributed by atoms with van der Waals surface area (Å²) >= 11 is 1.53. The van der Waals surface area contributed by atoms with E-state index < -0.39 is 5.54 Å². The molecule has 1 aromatic heterocycles. The molecule has 2 aromatic rings. The van der Waals surface area contributed by atoms with Crippen molar-refractivity contribution < 1.29 is 9.53 Å². The molecule has 0 saturated carbocycles. The van der Waals surface area contributed by atoms with Crippen LogP contribution < -0.4 is 10.1 Å². The van der Waals surface area contributed by atoms with Crippen molar-refractivity contribution in [2.75, 3.05) is 14.2 Å². The Labute approximate surface area is 150 Å². The molecule has 2 N–H and O–H groups in total. The Hall–Kier alpha value is -2.85. The molecule has 0 aliphatic carbocycles. The number of guanidine groups is 1. The van der Waals surface area contributed by atoms with Crippen LogP contribution in [0.15, 0.2) is 29.6 Å². The third-order valence-corrected chi connectivity index (χ3v) is 5.60. The zero-order chi connectivity index (χ0) is 18.2. The fraction of sp³-hybridized carbons (Fsp3) is 0.278. The second-order valence-corrected chi connectivity index (χ2v) is 7.07. The summed E-state index contributed by atoms with van der Waals surface area (Å²) in [5, 5.41) is 22.3. The Kier molecular flexibility index (Phi) is 4.23. The number of hydrogen-bond donors (Lipinski definition) is 2. The van der Waals surface area contributed by atoms with E-state index in [0.29, 0.717) is 11.3 Å². The summed E-state index contributed by atoms with van der Waals surface area (Å²) in [6.07, 6.45) is 0.290. The van der Waals surface area contributed by atoms with Gasteiger partial charge in [-0.05, 0) is 41.6 Å². The number of carbonyl (C=O) groups excluding carboxylic acids is 1. The van der Waals surface area contributed by atoms with Crippen LogP contribution in [0.3, 0.4) is 0 Å². The van der Waals surface area contributed by atoms with Gasteiger partial charge in [-0.1, -0.05) is 6.07 Å². The van der Waals surface area contributed by atoms with Crippen molar-refractivity contribution in [2.45, 2.75) is 18.9 Å². The number of nitrogens with zero attached hydrogens (tertiary/aromatic N) is 2. The standard InChI is InChI=1S/C18H18N4O2S/c1-18(8-16(23)22(2)17(20)21-18)15-7-13(10-25-15)11-4-5-14(24-3)12(6-11)9-19/h4-7,10H,8H2,1-3H3,(H2,20,21)/t18-/m0/s1. The predicted molar refractivity (Wildman–Crippen MR) is 96.6 cm³/mol. The Balaban J connectivity index is 1.94. The largest absolute Gasteiger partial charge is 0.495 e. The van der Waals surface area contributed by atoms with Crippen molar-refractivity contribution in [3.8, 4) is 22.9 Å². The first-order chi connectivity index (χ1) is 11.9. The molecule has 0 unspecified atom stereocenters. The molecule has 1 saturated heterocycles. The first-order valence-corrected chi connectivity index (χ1v) is 8.57. The smallest absolute Gasteiger partial charge is 0.231 e. The zero-order valence-corrected chi connectivity index (χ0v) is 15.0. The number of benzene rings is 1. The highest BCUT2D eigenvalue weighted by molar-refractivity contribution is 7.10. The van der Waals surface area contributed by atoms with E-state index in [1.807, 2.05) is 24.4 Å². The molecule has 0 radical (unpaired) electrons. The molecule has 1 amide bonds. The zero-order valence-electron chi connectivity index (χ0n) is 14.2. The molecule has 128 valence electrons. The summed E-state index contributed by atoms with van der Waals surface area (Å²) in [4.78, 5) is 14.4. The first-order valence-electron chi connectivity index (χ1n) is 7.69. The summed E-state index contributed by atoms with van der Waals surface area (Å²) in [5.41, 5.74) is 1.76. The van der Waals surface area contributed by atoms with Crippen LogP contribution in [0.25, 0.3) is 11.1 Å². The van der Waals surface area contributed by atoms with Crippen LogP contribution in [-0.2, 0) is 10.3 Å². The van der Waals surface area contributed by atoms with Crippen molar-refractivity contribution >= 4 is 23.2 Å². The summed E-state index contributed by atoms with van der Waals surface area (Å²) < 4.78 is 5.18. The van der Waals surface area contributed by atoms with Crippen LogP contribution in [0.2, 0.25) is 0 Å². The van der Waals surface area contributed by atoms with Crippen molar-refractivity contribution in [3.63, 3.8) is 0 Å². The second-order valence-electron chi connectivity index (χ2n) is 6.16. The SMILES string of the molecule is COc1ccc(-c2csc([C@]3(C)CC(=O)N(C)C(=N)N3)c2)cc1C#N. The second kappa shape index (κ2) is 6.22. The highest BCUT2D eigenvalue weighted by Crippen LogP contribution is 2.37. The summed E-state index contributed by atoms with van der Waals surface area (Å²) in [6, 6.07) is 9.62. The lowest BCUT2D eigenvalue weighted by Gasteiger charge is -2.38. The van der Waals surface area contributed by atoms with Gasteiger partial charge >= 0.3 is 0 Å². The fourth-order valence-corrected chi connectivity index (χ4v) is 3.87. The lowest BCUT2D eigenvalue weighted by atomic mass is 9.92. The molecule has 1 aliphatic rings. The molecule has 25 heavy (non-hydrogen) atoms. The average molecular weight is 354 g/mol. The topological polar surface area (TPSA) is 89.2 Å². The van der Waals surface area contributed by atoms with Gasteiger partial charge in [-0.25, -0.2) is 0 Å². The lowest BCUT2D eigenvalue weighted by Crippen LogP contribution is -2.57.